The molecular formula is C15H17F3N2O3S. The normalized spacial score (nSPS) is 10.9. The van der Waals surface area contributed by atoms with Crippen molar-refractivity contribution >= 4 is 29.2 Å². The summed E-state index contributed by atoms with van der Waals surface area (Å²) >= 11 is 5.09. The Morgan fingerprint density at radius 3 is 2.21 bits per heavy atom. The van der Waals surface area contributed by atoms with Gasteiger partial charge in [0.1, 0.15) is 0 Å². The number of nitrogens with one attached hydrogen (secondary N) is 1. The van der Waals surface area contributed by atoms with Gasteiger partial charge in [0.25, 0.3) is 5.91 Å². The first kappa shape index (κ1) is 19.9. The van der Waals surface area contributed by atoms with Gasteiger partial charge in [0.05, 0.1) is 11.1 Å². The third-order valence-electron chi connectivity index (χ3n) is 3.03. The fraction of sp³-hybridized carbons (Fsp3) is 0.400. The highest BCUT2D eigenvalue weighted by Gasteiger charge is 2.30. The Kier molecular flexibility index (Phi) is 7.15. The van der Waals surface area contributed by atoms with E-state index >= 15 is 0 Å². The van der Waals surface area contributed by atoms with Crippen molar-refractivity contribution in [2.75, 3.05) is 19.7 Å². The molecule has 0 aliphatic heterocycles. The van der Waals surface area contributed by atoms with Crippen LogP contribution in [0.2, 0.25) is 0 Å². The first-order chi connectivity index (χ1) is 11.2. The molecule has 0 radical (unpaired) electrons. The van der Waals surface area contributed by atoms with Crippen LogP contribution in [0.4, 0.5) is 13.2 Å². The number of ether oxygens (including phenoxy) is 1. The number of carbonyl (C=O) groups is 2. The quantitative estimate of drug-likeness (QED) is 0.645. The lowest BCUT2D eigenvalue weighted by Crippen LogP contribution is -2.42. The van der Waals surface area contributed by atoms with Crippen LogP contribution in [0.3, 0.4) is 0 Å². The Bertz CT molecular complexity index is 616. The number of hydrogen-bond donors (Lipinski definition) is 1. The Balaban J connectivity index is 2.91. The molecule has 1 N–H and O–H groups in total. The Hall–Kier alpha value is -2.16. The molecule has 1 rings (SSSR count). The average Bonchev–Trinajstić information content (AvgIpc) is 2.53. The molecule has 1 aromatic carbocycles. The number of esters is 1. The first-order valence-corrected chi connectivity index (χ1v) is 7.53. The topological polar surface area (TPSA) is 58.6 Å². The minimum atomic E-state index is -4.64. The molecule has 0 bridgehead atoms. The van der Waals surface area contributed by atoms with E-state index in [4.69, 9.17) is 12.2 Å². The van der Waals surface area contributed by atoms with Crippen molar-refractivity contribution in [1.29, 1.82) is 0 Å². The summed E-state index contributed by atoms with van der Waals surface area (Å²) in [5, 5.41) is 2.62. The van der Waals surface area contributed by atoms with Crippen LogP contribution in [0.25, 0.3) is 0 Å². The lowest BCUT2D eigenvalue weighted by Gasteiger charge is -2.22. The summed E-state index contributed by atoms with van der Waals surface area (Å²) in [4.78, 5) is 25.8. The summed E-state index contributed by atoms with van der Waals surface area (Å²) < 4.78 is 40.6. The van der Waals surface area contributed by atoms with E-state index in [1.165, 1.54) is 24.3 Å². The minimum Gasteiger partial charge on any atom is -0.452 e. The zero-order chi connectivity index (χ0) is 18.3. The molecule has 9 heteroatoms. The Morgan fingerprint density at radius 2 is 1.71 bits per heavy atom. The molecule has 0 aromatic heterocycles. The van der Waals surface area contributed by atoms with Gasteiger partial charge >= 0.3 is 12.1 Å². The molecule has 5 nitrogen and oxygen atoms in total. The van der Waals surface area contributed by atoms with Crippen LogP contribution in [0.5, 0.6) is 0 Å². The SMILES string of the molecule is CCN(CC)C(=S)NC(=O)c1ccccc1C(=O)OCC(F)(F)F. The number of carbonyl (C=O) groups excluding carboxylic acids is 2. The summed E-state index contributed by atoms with van der Waals surface area (Å²) in [7, 11) is 0. The van der Waals surface area contributed by atoms with E-state index < -0.39 is 24.7 Å². The van der Waals surface area contributed by atoms with E-state index in [2.05, 4.69) is 10.1 Å². The van der Waals surface area contributed by atoms with Crippen LogP contribution in [-0.4, -0.2) is 47.8 Å². The summed E-state index contributed by atoms with van der Waals surface area (Å²) in [6, 6.07) is 5.43. The maximum Gasteiger partial charge on any atom is 0.422 e. The maximum absolute atomic E-state index is 12.3. The van der Waals surface area contributed by atoms with Crippen molar-refractivity contribution < 1.29 is 27.5 Å². The van der Waals surface area contributed by atoms with Gasteiger partial charge in [-0.2, -0.15) is 13.2 Å². The number of halogens is 3. The van der Waals surface area contributed by atoms with Crippen LogP contribution in [0, 0.1) is 0 Å². The highest BCUT2D eigenvalue weighted by Crippen LogP contribution is 2.17. The smallest absolute Gasteiger partial charge is 0.422 e. The number of hydrogen-bond acceptors (Lipinski definition) is 4. The van der Waals surface area contributed by atoms with Gasteiger partial charge in [-0.1, -0.05) is 12.1 Å². The van der Waals surface area contributed by atoms with Gasteiger partial charge in [0.15, 0.2) is 11.7 Å². The van der Waals surface area contributed by atoms with Gasteiger partial charge in [-0.3, -0.25) is 10.1 Å². The molecular weight excluding hydrogens is 345 g/mol. The van der Waals surface area contributed by atoms with Crippen molar-refractivity contribution in [1.82, 2.24) is 10.2 Å². The fourth-order valence-electron chi connectivity index (χ4n) is 1.84. The molecule has 0 aliphatic rings. The van der Waals surface area contributed by atoms with Gasteiger partial charge in [0, 0.05) is 13.1 Å². The molecule has 0 unspecified atom stereocenters. The van der Waals surface area contributed by atoms with Gasteiger partial charge in [-0.25, -0.2) is 4.79 Å². The largest absolute Gasteiger partial charge is 0.452 e. The van der Waals surface area contributed by atoms with Gasteiger partial charge in [0.2, 0.25) is 0 Å². The van der Waals surface area contributed by atoms with E-state index in [0.29, 0.717) is 13.1 Å². The van der Waals surface area contributed by atoms with Crippen LogP contribution >= 0.6 is 12.2 Å². The number of alkyl halides is 3. The van der Waals surface area contributed by atoms with E-state index in [1.807, 2.05) is 13.8 Å². The second kappa shape index (κ2) is 8.62. The summed E-state index contributed by atoms with van der Waals surface area (Å²) in [5.74, 6) is -1.92. The monoisotopic (exact) mass is 362 g/mol. The number of amides is 1. The van der Waals surface area contributed by atoms with Crippen LogP contribution < -0.4 is 5.32 Å². The lowest BCUT2D eigenvalue weighted by molar-refractivity contribution is -0.161. The predicted octanol–water partition coefficient (Wildman–Crippen LogP) is 2.76. The van der Waals surface area contributed by atoms with Crippen LogP contribution in [0.1, 0.15) is 34.6 Å². The number of thiocarbonyl (C=S) groups is 1. The van der Waals surface area contributed by atoms with E-state index in [1.54, 1.807) is 4.90 Å². The summed E-state index contributed by atoms with van der Waals surface area (Å²) in [6.07, 6.45) is -4.64. The standard InChI is InChI=1S/C15H17F3N2O3S/c1-3-20(4-2)14(24)19-12(21)10-7-5-6-8-11(10)13(22)23-9-15(16,17)18/h5-8H,3-4,9H2,1-2H3,(H,19,21,24). The third kappa shape index (κ3) is 5.80. The van der Waals surface area contributed by atoms with Crippen molar-refractivity contribution in [3.8, 4) is 0 Å². The average molecular weight is 362 g/mol. The molecule has 0 fully saturated rings. The van der Waals surface area contributed by atoms with E-state index in [9.17, 15) is 22.8 Å². The highest BCUT2D eigenvalue weighted by atomic mass is 32.1. The van der Waals surface area contributed by atoms with Crippen molar-refractivity contribution in [2.45, 2.75) is 20.0 Å². The highest BCUT2D eigenvalue weighted by molar-refractivity contribution is 7.80. The van der Waals surface area contributed by atoms with Gasteiger partial charge in [-0.15, -0.1) is 0 Å². The number of nitrogens with zero attached hydrogens (tertiary/aromatic N) is 1. The van der Waals surface area contributed by atoms with E-state index in [-0.39, 0.29) is 16.2 Å². The maximum atomic E-state index is 12.3. The summed E-state index contributed by atoms with van der Waals surface area (Å²) in [5.41, 5.74) is -0.374. The summed E-state index contributed by atoms with van der Waals surface area (Å²) in [6.45, 7) is 3.13. The number of rotatable bonds is 5. The molecule has 1 aromatic rings. The van der Waals surface area contributed by atoms with Gasteiger partial charge < -0.3 is 9.64 Å². The van der Waals surface area contributed by atoms with Crippen LogP contribution in [-0.2, 0) is 4.74 Å². The molecule has 132 valence electrons. The van der Waals surface area contributed by atoms with Crippen LogP contribution in [0.15, 0.2) is 24.3 Å². The fourth-order valence-corrected chi connectivity index (χ4v) is 2.19. The molecule has 0 saturated heterocycles. The van der Waals surface area contributed by atoms with Crippen molar-refractivity contribution in [3.05, 3.63) is 35.4 Å². The van der Waals surface area contributed by atoms with Crippen molar-refractivity contribution in [2.24, 2.45) is 0 Å². The minimum absolute atomic E-state index is 0.112. The van der Waals surface area contributed by atoms with E-state index in [0.717, 1.165) is 0 Å². The molecule has 0 aliphatic carbocycles. The van der Waals surface area contributed by atoms with Gasteiger partial charge in [-0.05, 0) is 38.2 Å². The lowest BCUT2D eigenvalue weighted by atomic mass is 10.1. The third-order valence-corrected chi connectivity index (χ3v) is 3.39. The molecule has 1 amide bonds. The molecule has 0 spiro atoms. The molecule has 0 saturated carbocycles. The molecule has 0 heterocycles. The number of benzene rings is 1. The Labute approximate surface area is 142 Å². The predicted molar refractivity (Wildman–Crippen MR) is 85.8 cm³/mol. The van der Waals surface area contributed by atoms with Crippen molar-refractivity contribution in [3.63, 3.8) is 0 Å². The zero-order valence-corrected chi connectivity index (χ0v) is 14.0. The molecule has 0 atom stereocenters. The first-order valence-electron chi connectivity index (χ1n) is 7.12. The molecule has 24 heavy (non-hydrogen) atoms. The zero-order valence-electron chi connectivity index (χ0n) is 13.1. The second-order valence-corrected chi connectivity index (χ2v) is 5.06. The second-order valence-electron chi connectivity index (χ2n) is 4.67. The Morgan fingerprint density at radius 1 is 1.17 bits per heavy atom.